The van der Waals surface area contributed by atoms with Crippen LogP contribution in [-0.4, -0.2) is 30.3 Å². The molecule has 1 aromatic carbocycles. The van der Waals surface area contributed by atoms with Gasteiger partial charge < -0.3 is 15.3 Å². The predicted molar refractivity (Wildman–Crippen MR) is 83.7 cm³/mol. The summed E-state index contributed by atoms with van der Waals surface area (Å²) in [6, 6.07) is 6.85. The second kappa shape index (κ2) is 5.81. The zero-order valence-electron chi connectivity index (χ0n) is 11.9. The summed E-state index contributed by atoms with van der Waals surface area (Å²) in [5.41, 5.74) is 1.89. The molecular weight excluding hydrogens is 304 g/mol. The average molecular weight is 327 g/mol. The zero-order chi connectivity index (χ0) is 14.0. The van der Waals surface area contributed by atoms with Crippen molar-refractivity contribution in [1.82, 2.24) is 5.32 Å². The van der Waals surface area contributed by atoms with Gasteiger partial charge in [-0.15, -0.1) is 0 Å². The summed E-state index contributed by atoms with van der Waals surface area (Å²) in [4.78, 5) is 2.24. The Bertz CT molecular complexity index is 448. The number of benzene rings is 1. The molecule has 0 aromatic heterocycles. The number of nitrogens with zero attached hydrogens (tertiary/aromatic N) is 1. The standard InChI is InChI=1S/C15H23BrN2O/c1-4-17-11(2)12-5-6-14(13(16)9-12)18-8-7-15(3,19)10-18/h5-6,9,11,17,19H,4,7-8,10H2,1-3H3. The van der Waals surface area contributed by atoms with E-state index in [1.807, 2.05) is 6.92 Å². The van der Waals surface area contributed by atoms with Gasteiger partial charge in [0, 0.05) is 23.6 Å². The number of rotatable bonds is 4. The first-order valence-corrected chi connectivity index (χ1v) is 7.72. The van der Waals surface area contributed by atoms with Gasteiger partial charge in [-0.05, 0) is 60.4 Å². The van der Waals surface area contributed by atoms with Crippen LogP contribution in [0, 0.1) is 0 Å². The van der Waals surface area contributed by atoms with E-state index in [1.165, 1.54) is 11.3 Å². The lowest BCUT2D eigenvalue weighted by Crippen LogP contribution is -2.29. The molecule has 0 saturated carbocycles. The molecule has 106 valence electrons. The van der Waals surface area contributed by atoms with Gasteiger partial charge in [0.25, 0.3) is 0 Å². The van der Waals surface area contributed by atoms with Crippen LogP contribution in [0.5, 0.6) is 0 Å². The fraction of sp³-hybridized carbons (Fsp3) is 0.600. The van der Waals surface area contributed by atoms with Gasteiger partial charge >= 0.3 is 0 Å². The van der Waals surface area contributed by atoms with E-state index in [2.05, 4.69) is 58.2 Å². The van der Waals surface area contributed by atoms with Crippen molar-refractivity contribution in [3.63, 3.8) is 0 Å². The highest BCUT2D eigenvalue weighted by Gasteiger charge is 2.32. The van der Waals surface area contributed by atoms with E-state index in [0.717, 1.165) is 24.0 Å². The molecule has 0 aliphatic carbocycles. The fourth-order valence-electron chi connectivity index (χ4n) is 2.62. The van der Waals surface area contributed by atoms with Crippen LogP contribution in [-0.2, 0) is 0 Å². The number of hydrogen-bond donors (Lipinski definition) is 2. The first-order valence-electron chi connectivity index (χ1n) is 6.93. The van der Waals surface area contributed by atoms with Crippen molar-refractivity contribution in [2.45, 2.75) is 38.8 Å². The minimum absolute atomic E-state index is 0.358. The van der Waals surface area contributed by atoms with Crippen molar-refractivity contribution >= 4 is 21.6 Å². The minimum Gasteiger partial charge on any atom is -0.388 e. The molecule has 0 radical (unpaired) electrons. The Labute approximate surface area is 124 Å². The van der Waals surface area contributed by atoms with Crippen LogP contribution < -0.4 is 10.2 Å². The molecule has 1 aromatic rings. The van der Waals surface area contributed by atoms with Crippen LogP contribution in [0.15, 0.2) is 22.7 Å². The lowest BCUT2D eigenvalue weighted by atomic mass is 10.1. The summed E-state index contributed by atoms with van der Waals surface area (Å²) >= 11 is 3.66. The molecular formula is C15H23BrN2O. The molecule has 0 amide bonds. The number of nitrogens with one attached hydrogen (secondary N) is 1. The van der Waals surface area contributed by atoms with Gasteiger partial charge in [-0.2, -0.15) is 0 Å². The number of halogens is 1. The minimum atomic E-state index is -0.560. The van der Waals surface area contributed by atoms with Crippen LogP contribution in [0.2, 0.25) is 0 Å². The third-order valence-electron chi connectivity index (χ3n) is 3.77. The molecule has 1 fully saturated rings. The topological polar surface area (TPSA) is 35.5 Å². The van der Waals surface area contributed by atoms with E-state index in [-0.39, 0.29) is 0 Å². The molecule has 1 saturated heterocycles. The molecule has 2 atom stereocenters. The van der Waals surface area contributed by atoms with Crippen molar-refractivity contribution < 1.29 is 5.11 Å². The molecule has 3 nitrogen and oxygen atoms in total. The normalized spacial score (nSPS) is 24.8. The predicted octanol–water partition coefficient (Wildman–Crippen LogP) is 3.08. The highest BCUT2D eigenvalue weighted by molar-refractivity contribution is 9.10. The Morgan fingerprint density at radius 1 is 1.53 bits per heavy atom. The second-order valence-corrected chi connectivity index (χ2v) is 6.51. The first kappa shape index (κ1) is 14.8. The maximum Gasteiger partial charge on any atom is 0.0810 e. The van der Waals surface area contributed by atoms with Gasteiger partial charge in [0.1, 0.15) is 0 Å². The third kappa shape index (κ3) is 3.50. The van der Waals surface area contributed by atoms with Crippen molar-refractivity contribution in [2.75, 3.05) is 24.5 Å². The van der Waals surface area contributed by atoms with Gasteiger partial charge in [-0.3, -0.25) is 0 Å². The van der Waals surface area contributed by atoms with E-state index >= 15 is 0 Å². The number of aliphatic hydroxyl groups is 1. The number of hydrogen-bond acceptors (Lipinski definition) is 3. The van der Waals surface area contributed by atoms with Gasteiger partial charge in [-0.1, -0.05) is 13.0 Å². The lowest BCUT2D eigenvalue weighted by Gasteiger charge is -2.23. The van der Waals surface area contributed by atoms with E-state index in [9.17, 15) is 5.11 Å². The quantitative estimate of drug-likeness (QED) is 0.892. The summed E-state index contributed by atoms with van der Waals surface area (Å²) in [7, 11) is 0. The van der Waals surface area contributed by atoms with E-state index < -0.39 is 5.60 Å². The largest absolute Gasteiger partial charge is 0.388 e. The Morgan fingerprint density at radius 3 is 2.79 bits per heavy atom. The summed E-state index contributed by atoms with van der Waals surface area (Å²) in [6.07, 6.45) is 0.828. The molecule has 2 unspecified atom stereocenters. The summed E-state index contributed by atoms with van der Waals surface area (Å²) in [6.45, 7) is 8.78. The van der Waals surface area contributed by atoms with Crippen LogP contribution in [0.25, 0.3) is 0 Å². The summed E-state index contributed by atoms with van der Waals surface area (Å²) < 4.78 is 1.10. The summed E-state index contributed by atoms with van der Waals surface area (Å²) in [5.74, 6) is 0. The van der Waals surface area contributed by atoms with Crippen molar-refractivity contribution in [3.05, 3.63) is 28.2 Å². The number of β-amino-alcohol motifs (C(OH)–C–C–N with tert-alkyl or cyclic N) is 1. The fourth-order valence-corrected chi connectivity index (χ4v) is 3.27. The Balaban J connectivity index is 2.16. The van der Waals surface area contributed by atoms with Crippen molar-refractivity contribution in [1.29, 1.82) is 0 Å². The van der Waals surface area contributed by atoms with Gasteiger partial charge in [0.2, 0.25) is 0 Å². The second-order valence-electron chi connectivity index (χ2n) is 5.66. The SMILES string of the molecule is CCNC(C)c1ccc(N2CCC(C)(O)C2)c(Br)c1. The molecule has 4 heteroatoms. The van der Waals surface area contributed by atoms with Crippen LogP contribution >= 0.6 is 15.9 Å². The molecule has 0 spiro atoms. The Morgan fingerprint density at radius 2 is 2.26 bits per heavy atom. The first-order chi connectivity index (χ1) is 8.93. The third-order valence-corrected chi connectivity index (χ3v) is 4.41. The molecule has 1 aliphatic rings. The maximum absolute atomic E-state index is 10.1. The van der Waals surface area contributed by atoms with Gasteiger partial charge in [0.15, 0.2) is 0 Å². The molecule has 0 bridgehead atoms. The van der Waals surface area contributed by atoms with Crippen LogP contribution in [0.3, 0.4) is 0 Å². The van der Waals surface area contributed by atoms with Crippen molar-refractivity contribution in [3.8, 4) is 0 Å². The molecule has 1 aliphatic heterocycles. The van der Waals surface area contributed by atoms with Gasteiger partial charge in [-0.25, -0.2) is 0 Å². The van der Waals surface area contributed by atoms with E-state index in [4.69, 9.17) is 0 Å². The highest BCUT2D eigenvalue weighted by atomic mass is 79.9. The number of anilines is 1. The monoisotopic (exact) mass is 326 g/mol. The Hall–Kier alpha value is -0.580. The molecule has 2 rings (SSSR count). The molecule has 19 heavy (non-hydrogen) atoms. The van der Waals surface area contributed by atoms with Crippen molar-refractivity contribution in [2.24, 2.45) is 0 Å². The smallest absolute Gasteiger partial charge is 0.0810 e. The highest BCUT2D eigenvalue weighted by Crippen LogP contribution is 2.33. The molecule has 2 N–H and O–H groups in total. The maximum atomic E-state index is 10.1. The van der Waals surface area contributed by atoms with E-state index in [1.54, 1.807) is 0 Å². The molecule has 1 heterocycles. The average Bonchev–Trinajstić information content (AvgIpc) is 2.69. The lowest BCUT2D eigenvalue weighted by molar-refractivity contribution is 0.0839. The summed E-state index contributed by atoms with van der Waals surface area (Å²) in [5, 5.41) is 13.5. The van der Waals surface area contributed by atoms with Gasteiger partial charge in [0.05, 0.1) is 11.3 Å². The van der Waals surface area contributed by atoms with Crippen LogP contribution in [0.4, 0.5) is 5.69 Å². The van der Waals surface area contributed by atoms with Crippen LogP contribution in [0.1, 0.15) is 38.8 Å². The zero-order valence-corrected chi connectivity index (χ0v) is 13.5. The Kier molecular flexibility index (Phi) is 4.54. The van der Waals surface area contributed by atoms with E-state index in [0.29, 0.717) is 12.6 Å².